The lowest BCUT2D eigenvalue weighted by atomic mass is 9.82. The molecule has 0 saturated carbocycles. The molecule has 11 nitrogen and oxygen atoms in total. The van der Waals surface area contributed by atoms with Crippen molar-refractivity contribution in [1.29, 1.82) is 0 Å². The fourth-order valence-corrected chi connectivity index (χ4v) is 9.91. The van der Waals surface area contributed by atoms with Gasteiger partial charge in [0.15, 0.2) is 20.1 Å². The van der Waals surface area contributed by atoms with Crippen LogP contribution in [0, 0.1) is 5.92 Å². The van der Waals surface area contributed by atoms with Crippen molar-refractivity contribution in [2.75, 3.05) is 29.5 Å². The van der Waals surface area contributed by atoms with Crippen LogP contribution in [0.4, 0.5) is 11.4 Å². The van der Waals surface area contributed by atoms with Crippen LogP contribution in [0.3, 0.4) is 0 Å². The van der Waals surface area contributed by atoms with E-state index >= 15 is 0 Å². The van der Waals surface area contributed by atoms with Crippen LogP contribution in [-0.4, -0.2) is 84.9 Å². The van der Waals surface area contributed by atoms with Gasteiger partial charge in [0.2, 0.25) is 11.8 Å². The summed E-state index contributed by atoms with van der Waals surface area (Å²) < 4.78 is 12.0. The molecular formula is C29H39N3O8Si. The molecule has 0 aromatic heterocycles. The van der Waals surface area contributed by atoms with Crippen LogP contribution < -0.4 is 9.80 Å². The van der Waals surface area contributed by atoms with Crippen molar-refractivity contribution in [3.05, 3.63) is 36.4 Å². The molecule has 3 saturated heterocycles. The summed E-state index contributed by atoms with van der Waals surface area (Å²) in [6, 6.07) is 4.95. The summed E-state index contributed by atoms with van der Waals surface area (Å²) >= 11 is 0. The van der Waals surface area contributed by atoms with Crippen LogP contribution >= 0.6 is 0 Å². The first-order chi connectivity index (χ1) is 19.3. The molecule has 1 spiro atoms. The predicted octanol–water partition coefficient (Wildman–Crippen LogP) is 2.02. The third-order valence-electron chi connectivity index (χ3n) is 9.05. The molecule has 1 unspecified atom stereocenters. The van der Waals surface area contributed by atoms with E-state index in [4.69, 9.17) is 9.47 Å². The molecule has 0 bridgehead atoms. The number of aliphatic hydroxyl groups excluding tert-OH is 1. The number of rotatable bonds is 8. The molecule has 1 aromatic rings. The number of carbonyl (C=O) groups excluding carboxylic acids is 4. The van der Waals surface area contributed by atoms with Crippen molar-refractivity contribution < 1.29 is 38.6 Å². The molecule has 1 aromatic carbocycles. The Labute approximate surface area is 240 Å². The molecule has 2 N–H and O–H groups in total. The standard InChI is InChI=1S/C29H39N3O8Si/c1-6-11-31-22-10-9-19(32-25(36)15-26(32)39-18(3)34)13-21(22)29(28(31)37)17(2)27(41(4,5)38)23(40-29)14-24(35)30-12-7-8-20(30)16-33/h6,9-10,13,17,20,23,26-27,33,38H,1,7-8,11-12,14-16H2,2-5H3/t17-,20-,23+,26?,27-,29+/m0/s1. The number of fused-ring (bicyclic) bond motifs is 2. The van der Waals surface area contributed by atoms with E-state index < -0.39 is 43.7 Å². The van der Waals surface area contributed by atoms with Crippen molar-refractivity contribution in [2.45, 2.75) is 82.1 Å². The van der Waals surface area contributed by atoms with E-state index in [1.54, 1.807) is 47.2 Å². The second kappa shape index (κ2) is 10.6. The second-order valence-corrected chi connectivity index (χ2v) is 16.0. The Kier molecular flexibility index (Phi) is 7.64. The van der Waals surface area contributed by atoms with Gasteiger partial charge in [-0.1, -0.05) is 13.0 Å². The normalized spacial score (nSPS) is 31.1. The van der Waals surface area contributed by atoms with Gasteiger partial charge in [-0.2, -0.15) is 0 Å². The summed E-state index contributed by atoms with van der Waals surface area (Å²) in [6.07, 6.45) is 1.74. The Morgan fingerprint density at radius 3 is 2.63 bits per heavy atom. The number of benzene rings is 1. The average Bonchev–Trinajstić information content (AvgIpc) is 3.54. The van der Waals surface area contributed by atoms with E-state index in [-0.39, 0.29) is 49.8 Å². The summed E-state index contributed by atoms with van der Waals surface area (Å²) in [5.74, 6) is -1.69. The fourth-order valence-electron chi connectivity index (χ4n) is 7.35. The Balaban J connectivity index is 1.56. The zero-order valence-corrected chi connectivity index (χ0v) is 25.0. The Morgan fingerprint density at radius 2 is 2.02 bits per heavy atom. The molecule has 41 heavy (non-hydrogen) atoms. The van der Waals surface area contributed by atoms with Gasteiger partial charge < -0.3 is 29.2 Å². The van der Waals surface area contributed by atoms with Crippen LogP contribution in [0.1, 0.15) is 45.1 Å². The van der Waals surface area contributed by atoms with Crippen molar-refractivity contribution in [3.63, 3.8) is 0 Å². The van der Waals surface area contributed by atoms with Gasteiger partial charge in [0.25, 0.3) is 5.91 Å². The number of β-lactam (4-membered cyclic amide) rings is 1. The van der Waals surface area contributed by atoms with Crippen LogP contribution in [0.25, 0.3) is 0 Å². The number of amides is 3. The molecule has 4 aliphatic rings. The quantitative estimate of drug-likeness (QED) is 0.205. The van der Waals surface area contributed by atoms with E-state index in [1.807, 2.05) is 6.92 Å². The van der Waals surface area contributed by atoms with E-state index in [2.05, 4.69) is 6.58 Å². The minimum Gasteiger partial charge on any atom is -0.441 e. The summed E-state index contributed by atoms with van der Waals surface area (Å²) in [5, 5.41) is 9.77. The maximum atomic E-state index is 14.3. The van der Waals surface area contributed by atoms with Crippen LogP contribution in [0.5, 0.6) is 0 Å². The molecule has 4 heterocycles. The molecule has 0 radical (unpaired) electrons. The Bertz CT molecular complexity index is 1280. The van der Waals surface area contributed by atoms with Crippen LogP contribution in [-0.2, 0) is 34.3 Å². The highest BCUT2D eigenvalue weighted by atomic mass is 28.4. The molecule has 0 aliphatic carbocycles. The highest BCUT2D eigenvalue weighted by Crippen LogP contribution is 2.60. The largest absolute Gasteiger partial charge is 0.441 e. The highest BCUT2D eigenvalue weighted by Gasteiger charge is 2.66. The van der Waals surface area contributed by atoms with E-state index in [9.17, 15) is 29.1 Å². The van der Waals surface area contributed by atoms with Gasteiger partial charge in [-0.3, -0.25) is 24.1 Å². The number of hydrogen-bond acceptors (Lipinski definition) is 8. The number of hydrogen-bond donors (Lipinski definition) is 2. The zero-order valence-electron chi connectivity index (χ0n) is 24.0. The number of aliphatic hydroxyl groups is 1. The predicted molar refractivity (Wildman–Crippen MR) is 152 cm³/mol. The van der Waals surface area contributed by atoms with E-state index in [0.29, 0.717) is 23.5 Å². The molecule has 222 valence electrons. The number of carbonyl (C=O) groups is 4. The average molecular weight is 586 g/mol. The first-order valence-corrected chi connectivity index (χ1v) is 17.2. The van der Waals surface area contributed by atoms with Crippen molar-refractivity contribution in [2.24, 2.45) is 5.92 Å². The van der Waals surface area contributed by atoms with Gasteiger partial charge in [-0.25, -0.2) is 0 Å². The third-order valence-corrected chi connectivity index (χ3v) is 11.6. The van der Waals surface area contributed by atoms with Gasteiger partial charge in [0.1, 0.15) is 0 Å². The van der Waals surface area contributed by atoms with Gasteiger partial charge in [0.05, 0.1) is 37.3 Å². The zero-order chi connectivity index (χ0) is 29.9. The van der Waals surface area contributed by atoms with Crippen molar-refractivity contribution in [3.8, 4) is 0 Å². The van der Waals surface area contributed by atoms with Gasteiger partial charge in [-0.05, 0) is 44.1 Å². The third kappa shape index (κ3) is 4.70. The SMILES string of the molecule is C=CCN1C(=O)[C@]2(O[C@H](CC(=O)N3CCC[C@H]3CO)[C@@H]([Si](C)(C)O)[C@@H]2C)c2cc(N3C(=O)CC3OC(C)=O)ccc21. The minimum atomic E-state index is -3.00. The van der Waals surface area contributed by atoms with Crippen LogP contribution in [0.2, 0.25) is 18.6 Å². The molecule has 5 rings (SSSR count). The maximum absolute atomic E-state index is 14.3. The van der Waals surface area contributed by atoms with Gasteiger partial charge in [-0.15, -0.1) is 6.58 Å². The topological polar surface area (TPSA) is 137 Å². The smallest absolute Gasteiger partial charge is 0.304 e. The van der Waals surface area contributed by atoms with Crippen molar-refractivity contribution in [1.82, 2.24) is 4.90 Å². The highest BCUT2D eigenvalue weighted by molar-refractivity contribution is 6.71. The Hall–Kier alpha value is -3.06. The molecule has 12 heteroatoms. The maximum Gasteiger partial charge on any atom is 0.304 e. The lowest BCUT2D eigenvalue weighted by Crippen LogP contribution is -2.55. The molecule has 4 aliphatic heterocycles. The Morgan fingerprint density at radius 1 is 1.29 bits per heavy atom. The van der Waals surface area contributed by atoms with Gasteiger partial charge >= 0.3 is 5.97 Å². The number of likely N-dealkylation sites (tertiary alicyclic amines) is 1. The lowest BCUT2D eigenvalue weighted by molar-refractivity contribution is -0.154. The van der Waals surface area contributed by atoms with E-state index in [1.165, 1.54) is 11.8 Å². The van der Waals surface area contributed by atoms with Crippen LogP contribution in [0.15, 0.2) is 30.9 Å². The van der Waals surface area contributed by atoms with Crippen molar-refractivity contribution >= 4 is 43.4 Å². The second-order valence-electron chi connectivity index (χ2n) is 12.1. The molecule has 6 atom stereocenters. The summed E-state index contributed by atoms with van der Waals surface area (Å²) in [7, 11) is -3.00. The molecular weight excluding hydrogens is 546 g/mol. The number of ether oxygens (including phenoxy) is 2. The molecule has 3 amide bonds. The minimum absolute atomic E-state index is 0.0207. The van der Waals surface area contributed by atoms with E-state index in [0.717, 1.165) is 12.8 Å². The first kappa shape index (κ1) is 29.4. The first-order valence-electron chi connectivity index (χ1n) is 14.2. The fraction of sp³-hybridized carbons (Fsp3) is 0.586. The summed E-state index contributed by atoms with van der Waals surface area (Å²) in [4.78, 5) is 68.1. The summed E-state index contributed by atoms with van der Waals surface area (Å²) in [5.41, 5.74) is -0.337. The monoisotopic (exact) mass is 585 g/mol. The summed E-state index contributed by atoms with van der Waals surface area (Å²) in [6.45, 7) is 11.2. The lowest BCUT2D eigenvalue weighted by Gasteiger charge is -2.39. The van der Waals surface area contributed by atoms with Gasteiger partial charge in [0, 0.05) is 42.7 Å². The molecule has 3 fully saturated rings. The number of anilines is 2. The number of esters is 1. The number of nitrogens with zero attached hydrogens (tertiary/aromatic N) is 3.